The van der Waals surface area contributed by atoms with Gasteiger partial charge in [-0.3, -0.25) is 14.3 Å². The largest absolute Gasteiger partial charge is 0.492 e. The molecule has 0 atom stereocenters. The van der Waals surface area contributed by atoms with Crippen molar-refractivity contribution in [3.05, 3.63) is 58.8 Å². The molecule has 0 bridgehead atoms. The fourth-order valence-electron chi connectivity index (χ4n) is 5.82. The number of nitrogens with zero attached hydrogens (tertiary/aromatic N) is 3. The number of likely N-dealkylation sites (tertiary alicyclic amines) is 1. The van der Waals surface area contributed by atoms with Crippen LogP contribution in [-0.2, 0) is 34.5 Å². The predicted octanol–water partition coefficient (Wildman–Crippen LogP) is 1.44. The van der Waals surface area contributed by atoms with Gasteiger partial charge in [0.1, 0.15) is 12.0 Å². The number of aromatic nitrogens is 2. The zero-order chi connectivity index (χ0) is 28.5. The Kier molecular flexibility index (Phi) is 7.63. The monoisotopic (exact) mass is 549 g/mol. The highest BCUT2D eigenvalue weighted by molar-refractivity contribution is 5.99. The summed E-state index contributed by atoms with van der Waals surface area (Å²) < 4.78 is 7.82. The van der Waals surface area contributed by atoms with E-state index in [1.807, 2.05) is 25.2 Å². The molecule has 4 heterocycles. The minimum atomic E-state index is -2.06. The van der Waals surface area contributed by atoms with E-state index in [-0.39, 0.29) is 17.2 Å². The number of aldehydes is 1. The second-order valence-corrected chi connectivity index (χ2v) is 10.6. The topological polar surface area (TPSA) is 146 Å². The van der Waals surface area contributed by atoms with Crippen LogP contribution in [0.15, 0.2) is 36.5 Å². The molecule has 0 aliphatic carbocycles. The first-order valence-electron chi connectivity index (χ1n) is 13.5. The first-order chi connectivity index (χ1) is 19.2. The number of amides is 2. The van der Waals surface area contributed by atoms with Gasteiger partial charge in [0.05, 0.1) is 18.3 Å². The molecular formula is C29H35N5O6. The third kappa shape index (κ3) is 4.96. The fraction of sp³-hybridized carbons (Fsp3) is 0.448. The van der Waals surface area contributed by atoms with Gasteiger partial charge in [0, 0.05) is 79.6 Å². The van der Waals surface area contributed by atoms with Crippen LogP contribution in [0.3, 0.4) is 0 Å². The number of ether oxygens (including phenoxy) is 1. The molecule has 11 heteroatoms. The number of fused-ring (bicyclic) bond motifs is 5. The minimum absolute atomic E-state index is 0.00292. The number of carbonyl (C=O) groups is 3. The van der Waals surface area contributed by atoms with Crippen molar-refractivity contribution < 1.29 is 29.3 Å². The van der Waals surface area contributed by atoms with Crippen LogP contribution in [0.1, 0.15) is 59.2 Å². The summed E-state index contributed by atoms with van der Waals surface area (Å²) in [6.07, 6.45) is 5.67. The molecule has 2 amide bonds. The van der Waals surface area contributed by atoms with E-state index in [1.165, 1.54) is 0 Å². The molecule has 3 aromatic rings. The summed E-state index contributed by atoms with van der Waals surface area (Å²) in [4.78, 5) is 33.9. The van der Waals surface area contributed by atoms with Crippen molar-refractivity contribution in [2.75, 3.05) is 26.7 Å². The van der Waals surface area contributed by atoms with Crippen molar-refractivity contribution in [3.63, 3.8) is 0 Å². The molecule has 0 saturated carbocycles. The average molecular weight is 550 g/mol. The van der Waals surface area contributed by atoms with E-state index in [2.05, 4.69) is 15.7 Å². The van der Waals surface area contributed by atoms with Crippen LogP contribution in [0, 0.1) is 0 Å². The number of aliphatic hydroxyl groups is 2. The lowest BCUT2D eigenvalue weighted by Crippen LogP contribution is -2.53. The number of hydrogen-bond acceptors (Lipinski definition) is 8. The summed E-state index contributed by atoms with van der Waals surface area (Å²) >= 11 is 0. The quantitative estimate of drug-likeness (QED) is 0.205. The molecule has 0 radical (unpaired) electrons. The number of unbranched alkanes of at least 4 members (excludes halogenated alkanes) is 1. The van der Waals surface area contributed by atoms with E-state index in [0.29, 0.717) is 56.6 Å². The standard InChI is InChI=1S/C23H24N4O4.C6H11NO2/c1-26-19-10-15(3-2-14(19)11-25-26)23(29,30)27-8-6-22(7-9-27)13-31-20-17-12-24-21(28)16(17)4-5-18(20)22;1-7-6(9)4-2-3-5-8/h2-5,10-11,29-30H,6-9,12-13H2,1H3,(H,24,28);5H,2-4H2,1H3,(H,7,9). The highest BCUT2D eigenvalue weighted by Crippen LogP contribution is 2.49. The molecule has 1 aromatic heterocycles. The zero-order valence-electron chi connectivity index (χ0n) is 22.8. The Morgan fingerprint density at radius 3 is 2.75 bits per heavy atom. The number of rotatable bonds is 6. The Hall–Kier alpha value is -3.80. The van der Waals surface area contributed by atoms with Gasteiger partial charge >= 0.3 is 0 Å². The molecule has 1 fully saturated rings. The highest BCUT2D eigenvalue weighted by atomic mass is 16.5. The van der Waals surface area contributed by atoms with Gasteiger partial charge < -0.3 is 30.4 Å². The first kappa shape index (κ1) is 27.8. The number of benzene rings is 2. The van der Waals surface area contributed by atoms with Gasteiger partial charge in [0.25, 0.3) is 11.8 Å². The molecule has 1 saturated heterocycles. The van der Waals surface area contributed by atoms with E-state index in [1.54, 1.807) is 35.0 Å². The van der Waals surface area contributed by atoms with Crippen molar-refractivity contribution in [1.82, 2.24) is 25.3 Å². The van der Waals surface area contributed by atoms with E-state index in [4.69, 9.17) is 4.74 Å². The van der Waals surface area contributed by atoms with Gasteiger partial charge in [-0.1, -0.05) is 18.2 Å². The molecule has 3 aliphatic rings. The van der Waals surface area contributed by atoms with Gasteiger partial charge in [0.15, 0.2) is 0 Å². The van der Waals surface area contributed by atoms with E-state index < -0.39 is 5.91 Å². The van der Waals surface area contributed by atoms with Gasteiger partial charge in [-0.2, -0.15) is 5.10 Å². The minimum Gasteiger partial charge on any atom is -0.492 e. The normalized spacial score (nSPS) is 17.4. The molecule has 2 aromatic carbocycles. The summed E-state index contributed by atoms with van der Waals surface area (Å²) in [5, 5.41) is 32.6. The SMILES string of the molecule is CNC(=O)CCCC=O.Cn1ncc2ccc(C(O)(O)N3CCC4(CC3)COc3c4ccc4c3CNC4=O)cc21. The third-order valence-electron chi connectivity index (χ3n) is 8.30. The van der Waals surface area contributed by atoms with Crippen molar-refractivity contribution in [3.8, 4) is 5.75 Å². The highest BCUT2D eigenvalue weighted by Gasteiger charge is 2.48. The van der Waals surface area contributed by atoms with Gasteiger partial charge in [0.2, 0.25) is 5.91 Å². The Balaban J connectivity index is 0.000000312. The summed E-state index contributed by atoms with van der Waals surface area (Å²) in [6.45, 7) is 2.11. The Morgan fingerprint density at radius 2 is 2.02 bits per heavy atom. The maximum atomic E-state index is 12.0. The van der Waals surface area contributed by atoms with Gasteiger partial charge in [-0.25, -0.2) is 4.90 Å². The number of carbonyl (C=O) groups excluding carboxylic acids is 3. The van der Waals surface area contributed by atoms with Crippen molar-refractivity contribution >= 4 is 29.0 Å². The summed E-state index contributed by atoms with van der Waals surface area (Å²) in [5.74, 6) is -1.27. The maximum absolute atomic E-state index is 12.0. The van der Waals surface area contributed by atoms with Gasteiger partial charge in [-0.05, 0) is 31.4 Å². The van der Waals surface area contributed by atoms with Gasteiger partial charge in [-0.15, -0.1) is 0 Å². The van der Waals surface area contributed by atoms with E-state index >= 15 is 0 Å². The molecule has 6 rings (SSSR count). The number of nitrogens with one attached hydrogen (secondary N) is 2. The van der Waals surface area contributed by atoms with Crippen molar-refractivity contribution in [2.24, 2.45) is 7.05 Å². The Labute approximate surface area is 232 Å². The second kappa shape index (κ2) is 11.0. The van der Waals surface area contributed by atoms with Crippen LogP contribution in [0.2, 0.25) is 0 Å². The van der Waals surface area contributed by atoms with Crippen LogP contribution in [0.4, 0.5) is 0 Å². The molecule has 1 spiro atoms. The van der Waals surface area contributed by atoms with E-state index in [0.717, 1.165) is 46.9 Å². The molecule has 11 nitrogen and oxygen atoms in total. The predicted molar refractivity (Wildman–Crippen MR) is 146 cm³/mol. The molecule has 40 heavy (non-hydrogen) atoms. The Bertz CT molecular complexity index is 1440. The van der Waals surface area contributed by atoms with Crippen molar-refractivity contribution in [1.29, 1.82) is 0 Å². The van der Waals surface area contributed by atoms with Crippen LogP contribution < -0.4 is 15.4 Å². The maximum Gasteiger partial charge on any atom is 0.253 e. The number of piperidine rings is 1. The summed E-state index contributed by atoms with van der Waals surface area (Å²) in [7, 11) is 3.42. The molecule has 3 aliphatic heterocycles. The second-order valence-electron chi connectivity index (χ2n) is 10.6. The van der Waals surface area contributed by atoms with Crippen LogP contribution >= 0.6 is 0 Å². The lowest BCUT2D eigenvalue weighted by atomic mass is 9.73. The summed E-state index contributed by atoms with van der Waals surface area (Å²) in [6, 6.07) is 9.30. The van der Waals surface area contributed by atoms with Crippen LogP contribution in [0.25, 0.3) is 10.9 Å². The smallest absolute Gasteiger partial charge is 0.253 e. The molecule has 212 valence electrons. The zero-order valence-corrected chi connectivity index (χ0v) is 22.8. The fourth-order valence-corrected chi connectivity index (χ4v) is 5.82. The van der Waals surface area contributed by atoms with E-state index in [9.17, 15) is 24.6 Å². The Morgan fingerprint density at radius 1 is 1.25 bits per heavy atom. The number of aryl methyl sites for hydroxylation is 1. The van der Waals surface area contributed by atoms with Crippen LogP contribution in [0.5, 0.6) is 5.75 Å². The lowest BCUT2D eigenvalue weighted by molar-refractivity contribution is -0.281. The number of hydrogen-bond donors (Lipinski definition) is 4. The first-order valence-corrected chi connectivity index (χ1v) is 13.5. The molecular weight excluding hydrogens is 514 g/mol. The van der Waals surface area contributed by atoms with Crippen LogP contribution in [-0.4, -0.2) is 69.7 Å². The summed E-state index contributed by atoms with van der Waals surface area (Å²) in [5.41, 5.74) is 3.92. The lowest BCUT2D eigenvalue weighted by Gasteiger charge is -2.43. The third-order valence-corrected chi connectivity index (χ3v) is 8.30. The molecule has 0 unspecified atom stereocenters. The van der Waals surface area contributed by atoms with Crippen molar-refractivity contribution in [2.45, 2.75) is 50.0 Å². The molecule has 4 N–H and O–H groups in total. The average Bonchev–Trinajstić information content (AvgIpc) is 3.64.